The van der Waals surface area contributed by atoms with Crippen molar-refractivity contribution in [1.29, 1.82) is 0 Å². The van der Waals surface area contributed by atoms with Gasteiger partial charge in [-0.05, 0) is 17.7 Å². The summed E-state index contributed by atoms with van der Waals surface area (Å²) in [6.45, 7) is 0.0422. The third-order valence-electron chi connectivity index (χ3n) is 2.91. The molecular weight excluding hydrogens is 256 g/mol. The van der Waals surface area contributed by atoms with Crippen LogP contribution in [0, 0.1) is 0 Å². The molecule has 0 fully saturated rings. The molecule has 1 amide bonds. The first-order valence-corrected chi connectivity index (χ1v) is 6.14. The normalized spacial score (nSPS) is 11.6. The lowest BCUT2D eigenvalue weighted by Gasteiger charge is -2.13. The molecule has 20 heavy (non-hydrogen) atoms. The number of aliphatic carboxylic acids is 1. The van der Waals surface area contributed by atoms with Crippen LogP contribution in [0.1, 0.15) is 21.8 Å². The van der Waals surface area contributed by atoms with Crippen molar-refractivity contribution in [3.8, 4) is 0 Å². The monoisotopic (exact) mass is 270 g/mol. The molecule has 1 aromatic carbocycles. The van der Waals surface area contributed by atoms with Gasteiger partial charge in [0.05, 0.1) is 5.92 Å². The Kier molecular flexibility index (Phi) is 4.44. The molecular formula is C15H14N2O3. The van der Waals surface area contributed by atoms with Gasteiger partial charge in [0.1, 0.15) is 0 Å². The zero-order valence-electron chi connectivity index (χ0n) is 10.7. The van der Waals surface area contributed by atoms with E-state index in [1.807, 2.05) is 6.07 Å². The first-order valence-electron chi connectivity index (χ1n) is 6.14. The number of hydrogen-bond acceptors (Lipinski definition) is 3. The number of amides is 1. The first-order chi connectivity index (χ1) is 9.68. The van der Waals surface area contributed by atoms with Gasteiger partial charge in [0.2, 0.25) is 0 Å². The molecule has 0 bridgehead atoms. The van der Waals surface area contributed by atoms with Gasteiger partial charge < -0.3 is 10.4 Å². The van der Waals surface area contributed by atoms with Crippen LogP contribution in [0.4, 0.5) is 0 Å². The zero-order valence-corrected chi connectivity index (χ0v) is 10.7. The SMILES string of the molecule is O=C(NCC(C(=O)O)c1ccccc1)c1ccncc1. The molecule has 0 aliphatic heterocycles. The van der Waals surface area contributed by atoms with Crippen LogP contribution in [0.3, 0.4) is 0 Å². The van der Waals surface area contributed by atoms with Crippen molar-refractivity contribution >= 4 is 11.9 Å². The van der Waals surface area contributed by atoms with E-state index in [0.717, 1.165) is 0 Å². The van der Waals surface area contributed by atoms with E-state index in [1.54, 1.807) is 36.4 Å². The van der Waals surface area contributed by atoms with Crippen molar-refractivity contribution in [3.63, 3.8) is 0 Å². The van der Waals surface area contributed by atoms with Gasteiger partial charge in [0, 0.05) is 24.5 Å². The molecule has 0 saturated heterocycles. The first kappa shape index (κ1) is 13.7. The van der Waals surface area contributed by atoms with E-state index >= 15 is 0 Å². The molecule has 1 heterocycles. The molecule has 0 aliphatic rings. The van der Waals surface area contributed by atoms with Crippen molar-refractivity contribution < 1.29 is 14.7 Å². The smallest absolute Gasteiger partial charge is 0.312 e. The van der Waals surface area contributed by atoms with E-state index in [0.29, 0.717) is 11.1 Å². The van der Waals surface area contributed by atoms with Crippen LogP contribution in [-0.2, 0) is 4.79 Å². The van der Waals surface area contributed by atoms with Crippen molar-refractivity contribution in [2.45, 2.75) is 5.92 Å². The Bertz CT molecular complexity index is 585. The minimum Gasteiger partial charge on any atom is -0.481 e. The van der Waals surface area contributed by atoms with E-state index in [4.69, 9.17) is 0 Å². The van der Waals surface area contributed by atoms with Gasteiger partial charge in [0.25, 0.3) is 5.91 Å². The van der Waals surface area contributed by atoms with Crippen LogP contribution in [0.2, 0.25) is 0 Å². The number of benzene rings is 1. The van der Waals surface area contributed by atoms with Crippen molar-refractivity contribution in [2.24, 2.45) is 0 Å². The minimum absolute atomic E-state index is 0.0422. The maximum absolute atomic E-state index is 11.9. The highest BCUT2D eigenvalue weighted by molar-refractivity contribution is 5.94. The molecule has 2 aromatic rings. The number of pyridine rings is 1. The van der Waals surface area contributed by atoms with Crippen LogP contribution in [0.25, 0.3) is 0 Å². The molecule has 0 spiro atoms. The Balaban J connectivity index is 2.04. The molecule has 2 rings (SSSR count). The number of nitrogens with one attached hydrogen (secondary N) is 1. The second-order valence-corrected chi connectivity index (χ2v) is 4.25. The Morgan fingerprint density at radius 1 is 1.10 bits per heavy atom. The highest BCUT2D eigenvalue weighted by Crippen LogP contribution is 2.14. The Labute approximate surface area is 116 Å². The molecule has 0 radical (unpaired) electrons. The van der Waals surface area contributed by atoms with Crippen molar-refractivity contribution in [2.75, 3.05) is 6.54 Å². The van der Waals surface area contributed by atoms with Crippen LogP contribution in [0.5, 0.6) is 0 Å². The largest absolute Gasteiger partial charge is 0.481 e. The lowest BCUT2D eigenvalue weighted by atomic mass is 9.99. The maximum Gasteiger partial charge on any atom is 0.312 e. The summed E-state index contributed by atoms with van der Waals surface area (Å²) >= 11 is 0. The number of carbonyl (C=O) groups excluding carboxylic acids is 1. The van der Waals surface area contributed by atoms with Crippen LogP contribution >= 0.6 is 0 Å². The molecule has 5 nitrogen and oxygen atoms in total. The maximum atomic E-state index is 11.9. The third-order valence-corrected chi connectivity index (χ3v) is 2.91. The Morgan fingerprint density at radius 3 is 2.35 bits per heavy atom. The number of hydrogen-bond donors (Lipinski definition) is 2. The van der Waals surface area contributed by atoms with Crippen LogP contribution in [-0.4, -0.2) is 28.5 Å². The lowest BCUT2D eigenvalue weighted by molar-refractivity contribution is -0.138. The number of carboxylic acid groups (broad SMARTS) is 1. The quantitative estimate of drug-likeness (QED) is 0.866. The topological polar surface area (TPSA) is 79.3 Å². The van der Waals surface area contributed by atoms with Gasteiger partial charge in [0.15, 0.2) is 0 Å². The summed E-state index contributed by atoms with van der Waals surface area (Å²) in [5.41, 5.74) is 1.12. The fourth-order valence-corrected chi connectivity index (χ4v) is 1.83. The summed E-state index contributed by atoms with van der Waals surface area (Å²) in [5.74, 6) is -2.04. The third kappa shape index (κ3) is 3.41. The fraction of sp³-hybridized carbons (Fsp3) is 0.133. The van der Waals surface area contributed by atoms with Crippen LogP contribution in [0.15, 0.2) is 54.9 Å². The van der Waals surface area contributed by atoms with Gasteiger partial charge in [-0.15, -0.1) is 0 Å². The molecule has 0 saturated carbocycles. The molecule has 0 aliphatic carbocycles. The standard InChI is InChI=1S/C15H14N2O3/c18-14(12-6-8-16-9-7-12)17-10-13(15(19)20)11-4-2-1-3-5-11/h1-9,13H,10H2,(H,17,18)(H,19,20). The average Bonchev–Trinajstić information content (AvgIpc) is 2.49. The van der Waals surface area contributed by atoms with Crippen molar-refractivity contribution in [3.05, 3.63) is 66.0 Å². The van der Waals surface area contributed by atoms with E-state index in [-0.39, 0.29) is 12.5 Å². The van der Waals surface area contributed by atoms with Gasteiger partial charge >= 0.3 is 5.97 Å². The van der Waals surface area contributed by atoms with E-state index < -0.39 is 11.9 Å². The van der Waals surface area contributed by atoms with Gasteiger partial charge in [-0.25, -0.2) is 0 Å². The number of nitrogens with zero attached hydrogens (tertiary/aromatic N) is 1. The van der Waals surface area contributed by atoms with E-state index in [1.165, 1.54) is 12.4 Å². The molecule has 2 N–H and O–H groups in total. The van der Waals surface area contributed by atoms with E-state index in [2.05, 4.69) is 10.3 Å². The van der Waals surface area contributed by atoms with Crippen molar-refractivity contribution in [1.82, 2.24) is 10.3 Å². The van der Waals surface area contributed by atoms with Gasteiger partial charge in [-0.3, -0.25) is 14.6 Å². The van der Waals surface area contributed by atoms with Gasteiger partial charge in [-0.1, -0.05) is 30.3 Å². The number of rotatable bonds is 5. The average molecular weight is 270 g/mol. The highest BCUT2D eigenvalue weighted by atomic mass is 16.4. The summed E-state index contributed by atoms with van der Waals surface area (Å²) in [4.78, 5) is 27.0. The second-order valence-electron chi connectivity index (χ2n) is 4.25. The lowest BCUT2D eigenvalue weighted by Crippen LogP contribution is -2.31. The number of aromatic nitrogens is 1. The summed E-state index contributed by atoms with van der Waals surface area (Å²) in [6, 6.07) is 12.0. The fourth-order valence-electron chi connectivity index (χ4n) is 1.83. The molecule has 5 heteroatoms. The summed E-state index contributed by atoms with van der Waals surface area (Å²) < 4.78 is 0. The second kappa shape index (κ2) is 6.47. The summed E-state index contributed by atoms with van der Waals surface area (Å²) in [6.07, 6.45) is 3.03. The predicted molar refractivity (Wildman–Crippen MR) is 73.4 cm³/mol. The Morgan fingerprint density at radius 2 is 1.75 bits per heavy atom. The van der Waals surface area contributed by atoms with Crippen LogP contribution < -0.4 is 5.32 Å². The predicted octanol–water partition coefficient (Wildman–Crippen LogP) is 1.68. The molecule has 1 unspecified atom stereocenters. The molecule has 102 valence electrons. The summed E-state index contributed by atoms with van der Waals surface area (Å²) in [5, 5.41) is 11.9. The highest BCUT2D eigenvalue weighted by Gasteiger charge is 2.20. The number of carbonyl (C=O) groups is 2. The summed E-state index contributed by atoms with van der Waals surface area (Å²) in [7, 11) is 0. The zero-order chi connectivity index (χ0) is 14.4. The molecule has 1 aromatic heterocycles. The van der Waals surface area contributed by atoms with E-state index in [9.17, 15) is 14.7 Å². The number of carboxylic acids is 1. The minimum atomic E-state index is -0.966. The van der Waals surface area contributed by atoms with Gasteiger partial charge in [-0.2, -0.15) is 0 Å². The molecule has 1 atom stereocenters. The Hall–Kier alpha value is -2.69.